The molecule has 130 valence electrons. The summed E-state index contributed by atoms with van der Waals surface area (Å²) in [6, 6.07) is 9.32. The number of likely N-dealkylation sites (tertiary alicyclic amines) is 1. The van der Waals surface area contributed by atoms with Gasteiger partial charge in [0.2, 0.25) is 11.8 Å². The zero-order valence-electron chi connectivity index (χ0n) is 14.2. The Morgan fingerprint density at radius 3 is 2.29 bits per heavy atom. The highest BCUT2D eigenvalue weighted by Gasteiger charge is 2.48. The zero-order chi connectivity index (χ0) is 18.0. The van der Waals surface area contributed by atoms with E-state index >= 15 is 0 Å². The summed E-state index contributed by atoms with van der Waals surface area (Å²) in [4.78, 5) is 36.6. The SMILES string of the molecule is CC(C)(C)OC(=O)N1CC(NC(=O)CC(N)=O)(c2ccccc2)C1. The molecule has 0 spiro atoms. The molecule has 0 saturated carbocycles. The Hall–Kier alpha value is -2.57. The fourth-order valence-corrected chi connectivity index (χ4v) is 2.62. The summed E-state index contributed by atoms with van der Waals surface area (Å²) in [5.74, 6) is -1.16. The number of hydrogen-bond donors (Lipinski definition) is 2. The van der Waals surface area contributed by atoms with Gasteiger partial charge in [0.25, 0.3) is 0 Å². The molecule has 3 amide bonds. The first-order chi connectivity index (χ1) is 11.1. The van der Waals surface area contributed by atoms with Gasteiger partial charge in [0, 0.05) is 0 Å². The molecule has 1 aliphatic heterocycles. The number of nitrogens with zero attached hydrogens (tertiary/aromatic N) is 1. The highest BCUT2D eigenvalue weighted by Crippen LogP contribution is 2.33. The van der Waals surface area contributed by atoms with Crippen LogP contribution in [0.1, 0.15) is 32.8 Å². The van der Waals surface area contributed by atoms with Crippen molar-refractivity contribution in [2.24, 2.45) is 5.73 Å². The van der Waals surface area contributed by atoms with E-state index in [2.05, 4.69) is 5.32 Å². The number of primary amides is 1. The maximum atomic E-state index is 12.1. The summed E-state index contributed by atoms with van der Waals surface area (Å²) in [5, 5.41) is 2.84. The molecule has 2 rings (SSSR count). The fraction of sp³-hybridized carbons (Fsp3) is 0.471. The van der Waals surface area contributed by atoms with Crippen LogP contribution in [-0.2, 0) is 19.9 Å². The molecule has 1 aromatic carbocycles. The summed E-state index contributed by atoms with van der Waals surface area (Å²) >= 11 is 0. The highest BCUT2D eigenvalue weighted by molar-refractivity contribution is 5.96. The molecule has 7 nitrogen and oxygen atoms in total. The predicted molar refractivity (Wildman–Crippen MR) is 87.9 cm³/mol. The second-order valence-electron chi connectivity index (χ2n) is 6.98. The van der Waals surface area contributed by atoms with Crippen LogP contribution in [0.3, 0.4) is 0 Å². The normalized spacial score (nSPS) is 16.0. The molecule has 0 radical (unpaired) electrons. The maximum Gasteiger partial charge on any atom is 0.410 e. The van der Waals surface area contributed by atoms with Crippen LogP contribution in [0.2, 0.25) is 0 Å². The van der Waals surface area contributed by atoms with Gasteiger partial charge < -0.3 is 20.7 Å². The fourth-order valence-electron chi connectivity index (χ4n) is 2.62. The monoisotopic (exact) mass is 333 g/mol. The van der Waals surface area contributed by atoms with Crippen molar-refractivity contribution in [3.05, 3.63) is 35.9 Å². The number of hydrogen-bond acceptors (Lipinski definition) is 4. The first kappa shape index (κ1) is 17.8. The first-order valence-electron chi connectivity index (χ1n) is 7.74. The number of benzene rings is 1. The van der Waals surface area contributed by atoms with Gasteiger partial charge in [0.15, 0.2) is 0 Å². The number of carbonyl (C=O) groups excluding carboxylic acids is 3. The number of nitrogens with one attached hydrogen (secondary N) is 1. The lowest BCUT2D eigenvalue weighted by Crippen LogP contribution is -2.69. The summed E-state index contributed by atoms with van der Waals surface area (Å²) < 4.78 is 5.34. The van der Waals surface area contributed by atoms with Crippen molar-refractivity contribution in [3.63, 3.8) is 0 Å². The molecule has 1 saturated heterocycles. The summed E-state index contributed by atoms with van der Waals surface area (Å²) in [6.07, 6.45) is -0.820. The van der Waals surface area contributed by atoms with E-state index < -0.39 is 29.0 Å². The molecule has 1 heterocycles. The summed E-state index contributed by atoms with van der Waals surface area (Å²) in [5.41, 5.74) is 4.62. The molecule has 0 aromatic heterocycles. The van der Waals surface area contributed by atoms with Crippen LogP contribution in [0.25, 0.3) is 0 Å². The number of ether oxygens (including phenoxy) is 1. The Labute approximate surface area is 141 Å². The molecule has 3 N–H and O–H groups in total. The van der Waals surface area contributed by atoms with Crippen molar-refractivity contribution in [2.75, 3.05) is 13.1 Å². The van der Waals surface area contributed by atoms with Gasteiger partial charge >= 0.3 is 6.09 Å². The number of amides is 3. The van der Waals surface area contributed by atoms with Gasteiger partial charge in [-0.1, -0.05) is 30.3 Å². The van der Waals surface area contributed by atoms with Crippen LogP contribution in [0.4, 0.5) is 4.79 Å². The van der Waals surface area contributed by atoms with Crippen molar-refractivity contribution in [2.45, 2.75) is 38.3 Å². The van der Waals surface area contributed by atoms with Crippen molar-refractivity contribution in [1.29, 1.82) is 0 Å². The minimum Gasteiger partial charge on any atom is -0.444 e. The van der Waals surface area contributed by atoms with Crippen LogP contribution in [0, 0.1) is 0 Å². The second kappa shape index (κ2) is 6.51. The molecule has 0 atom stereocenters. The first-order valence-corrected chi connectivity index (χ1v) is 7.74. The molecule has 7 heteroatoms. The Balaban J connectivity index is 2.12. The standard InChI is InChI=1S/C17H23N3O4/c1-16(2,3)24-15(23)20-10-17(11-20,12-7-5-4-6-8-12)19-14(22)9-13(18)21/h4-8H,9-11H2,1-3H3,(H2,18,21)(H,19,22). The van der Waals surface area contributed by atoms with Crippen LogP contribution in [-0.4, -0.2) is 41.5 Å². The lowest BCUT2D eigenvalue weighted by Gasteiger charge is -2.50. The highest BCUT2D eigenvalue weighted by atomic mass is 16.6. The van der Waals surface area contributed by atoms with E-state index in [0.717, 1.165) is 5.56 Å². The molecule has 0 aliphatic carbocycles. The Kier molecular flexibility index (Phi) is 4.82. The van der Waals surface area contributed by atoms with Crippen molar-refractivity contribution >= 4 is 17.9 Å². The summed E-state index contributed by atoms with van der Waals surface area (Å²) in [7, 11) is 0. The van der Waals surface area contributed by atoms with Crippen LogP contribution < -0.4 is 11.1 Å². The van der Waals surface area contributed by atoms with Gasteiger partial charge in [-0.2, -0.15) is 0 Å². The molecular formula is C17H23N3O4. The maximum absolute atomic E-state index is 12.1. The van der Waals surface area contributed by atoms with Gasteiger partial charge in [0.05, 0.1) is 13.1 Å². The number of carbonyl (C=O) groups is 3. The van der Waals surface area contributed by atoms with E-state index in [4.69, 9.17) is 10.5 Å². The van der Waals surface area contributed by atoms with Crippen molar-refractivity contribution < 1.29 is 19.1 Å². The average molecular weight is 333 g/mol. The molecular weight excluding hydrogens is 310 g/mol. The van der Waals surface area contributed by atoms with Gasteiger partial charge in [-0.15, -0.1) is 0 Å². The topological polar surface area (TPSA) is 102 Å². The Morgan fingerprint density at radius 1 is 1.21 bits per heavy atom. The Morgan fingerprint density at radius 2 is 1.79 bits per heavy atom. The third-order valence-corrected chi connectivity index (χ3v) is 3.61. The van der Waals surface area contributed by atoms with Crippen LogP contribution in [0.15, 0.2) is 30.3 Å². The third-order valence-electron chi connectivity index (χ3n) is 3.61. The van der Waals surface area contributed by atoms with Crippen LogP contribution >= 0.6 is 0 Å². The third kappa shape index (κ3) is 4.24. The lowest BCUT2D eigenvalue weighted by atomic mass is 9.82. The number of nitrogens with two attached hydrogens (primary N) is 1. The second-order valence-corrected chi connectivity index (χ2v) is 6.98. The van der Waals surface area contributed by atoms with Crippen molar-refractivity contribution in [1.82, 2.24) is 10.2 Å². The minimum absolute atomic E-state index is 0.274. The van der Waals surface area contributed by atoms with Crippen LogP contribution in [0.5, 0.6) is 0 Å². The molecule has 1 aliphatic rings. The molecule has 1 aromatic rings. The van der Waals surface area contributed by atoms with E-state index in [9.17, 15) is 14.4 Å². The van der Waals surface area contributed by atoms with E-state index in [1.165, 1.54) is 4.90 Å². The Bertz CT molecular complexity index is 631. The van der Waals surface area contributed by atoms with E-state index in [1.807, 2.05) is 30.3 Å². The average Bonchev–Trinajstić information content (AvgIpc) is 2.40. The van der Waals surface area contributed by atoms with E-state index in [1.54, 1.807) is 20.8 Å². The number of rotatable bonds is 4. The predicted octanol–water partition coefficient (Wildman–Crippen LogP) is 1.12. The van der Waals surface area contributed by atoms with Gasteiger partial charge in [0.1, 0.15) is 17.6 Å². The molecule has 0 unspecified atom stereocenters. The smallest absolute Gasteiger partial charge is 0.410 e. The quantitative estimate of drug-likeness (QED) is 0.806. The van der Waals surface area contributed by atoms with Gasteiger partial charge in [-0.25, -0.2) is 4.79 Å². The van der Waals surface area contributed by atoms with Gasteiger partial charge in [-0.05, 0) is 26.3 Å². The largest absolute Gasteiger partial charge is 0.444 e. The van der Waals surface area contributed by atoms with Crippen molar-refractivity contribution in [3.8, 4) is 0 Å². The molecule has 0 bridgehead atoms. The minimum atomic E-state index is -0.731. The molecule has 1 fully saturated rings. The van der Waals surface area contributed by atoms with E-state index in [-0.39, 0.29) is 19.5 Å². The lowest BCUT2D eigenvalue weighted by molar-refractivity contribution is -0.131. The molecule has 24 heavy (non-hydrogen) atoms. The van der Waals surface area contributed by atoms with E-state index in [0.29, 0.717) is 0 Å². The van der Waals surface area contributed by atoms with Gasteiger partial charge in [-0.3, -0.25) is 9.59 Å². The summed E-state index contributed by atoms with van der Waals surface area (Å²) in [6.45, 7) is 5.93. The zero-order valence-corrected chi connectivity index (χ0v) is 14.2.